The monoisotopic (exact) mass is 238 g/mol. The van der Waals surface area contributed by atoms with E-state index < -0.39 is 5.60 Å². The normalized spacial score (nSPS) is 14.4. The van der Waals surface area contributed by atoms with Crippen LogP contribution in [0.25, 0.3) is 0 Å². The van der Waals surface area contributed by atoms with Gasteiger partial charge >= 0.3 is 0 Å². The zero-order valence-corrected chi connectivity index (χ0v) is 10.9. The summed E-state index contributed by atoms with van der Waals surface area (Å²) in [5.74, 6) is 0.792. The van der Waals surface area contributed by atoms with Crippen LogP contribution in [0.15, 0.2) is 24.3 Å². The highest BCUT2D eigenvalue weighted by Gasteiger charge is 2.18. The standard InChI is InChI=1S/C14H22O3/c1-4-14(2,15)11-17-13-7-5-12(6-8-13)9-10-16-3/h5-8,15H,4,9-11H2,1-3H3. The molecule has 1 rings (SSSR count). The summed E-state index contributed by atoms with van der Waals surface area (Å²) in [6.45, 7) is 4.77. The van der Waals surface area contributed by atoms with E-state index in [4.69, 9.17) is 9.47 Å². The molecule has 0 saturated heterocycles. The van der Waals surface area contributed by atoms with Gasteiger partial charge in [0.25, 0.3) is 0 Å². The van der Waals surface area contributed by atoms with Gasteiger partial charge in [-0.2, -0.15) is 0 Å². The molecule has 0 saturated carbocycles. The maximum absolute atomic E-state index is 9.81. The molecular formula is C14H22O3. The van der Waals surface area contributed by atoms with E-state index in [9.17, 15) is 5.11 Å². The molecule has 1 N–H and O–H groups in total. The van der Waals surface area contributed by atoms with E-state index in [0.717, 1.165) is 18.8 Å². The van der Waals surface area contributed by atoms with Crippen LogP contribution < -0.4 is 4.74 Å². The molecule has 0 aliphatic rings. The van der Waals surface area contributed by atoms with Gasteiger partial charge < -0.3 is 14.6 Å². The Bertz CT molecular complexity index is 317. The second kappa shape index (κ2) is 6.62. The summed E-state index contributed by atoms with van der Waals surface area (Å²) < 4.78 is 10.6. The molecule has 3 nitrogen and oxygen atoms in total. The minimum absolute atomic E-state index is 0.320. The van der Waals surface area contributed by atoms with Crippen molar-refractivity contribution in [2.45, 2.75) is 32.3 Å². The van der Waals surface area contributed by atoms with Gasteiger partial charge in [0.05, 0.1) is 12.2 Å². The van der Waals surface area contributed by atoms with Crippen LogP contribution in [0.1, 0.15) is 25.8 Å². The third kappa shape index (κ3) is 5.20. The van der Waals surface area contributed by atoms with Crippen LogP contribution in [-0.2, 0) is 11.2 Å². The van der Waals surface area contributed by atoms with E-state index in [1.807, 2.05) is 31.2 Å². The average molecular weight is 238 g/mol. The van der Waals surface area contributed by atoms with Crippen molar-refractivity contribution in [3.05, 3.63) is 29.8 Å². The summed E-state index contributed by atoms with van der Waals surface area (Å²) >= 11 is 0. The molecule has 0 fully saturated rings. The van der Waals surface area contributed by atoms with Gasteiger partial charge in [0.2, 0.25) is 0 Å². The lowest BCUT2D eigenvalue weighted by atomic mass is 10.1. The Morgan fingerprint density at radius 2 is 1.88 bits per heavy atom. The number of rotatable bonds is 7. The summed E-state index contributed by atoms with van der Waals surface area (Å²) in [5.41, 5.74) is 0.468. The molecule has 0 amide bonds. The number of ether oxygens (including phenoxy) is 2. The van der Waals surface area contributed by atoms with E-state index in [1.54, 1.807) is 14.0 Å². The lowest BCUT2D eigenvalue weighted by Gasteiger charge is -2.21. The van der Waals surface area contributed by atoms with Crippen LogP contribution in [0.5, 0.6) is 5.75 Å². The van der Waals surface area contributed by atoms with E-state index >= 15 is 0 Å². The molecule has 1 aromatic rings. The van der Waals surface area contributed by atoms with Crippen LogP contribution in [-0.4, -0.2) is 31.0 Å². The fraction of sp³-hybridized carbons (Fsp3) is 0.571. The number of hydrogen-bond donors (Lipinski definition) is 1. The van der Waals surface area contributed by atoms with Gasteiger partial charge in [0.1, 0.15) is 12.4 Å². The first kappa shape index (κ1) is 14.0. The van der Waals surface area contributed by atoms with Gasteiger partial charge in [0.15, 0.2) is 0 Å². The van der Waals surface area contributed by atoms with E-state index in [2.05, 4.69) is 0 Å². The summed E-state index contributed by atoms with van der Waals surface area (Å²) in [5, 5.41) is 9.81. The highest BCUT2D eigenvalue weighted by atomic mass is 16.5. The molecule has 0 aliphatic carbocycles. The Hall–Kier alpha value is -1.06. The highest BCUT2D eigenvalue weighted by Crippen LogP contribution is 2.16. The predicted octanol–water partition coefficient (Wildman–Crippen LogP) is 2.42. The molecule has 17 heavy (non-hydrogen) atoms. The molecule has 3 heteroatoms. The lowest BCUT2D eigenvalue weighted by molar-refractivity contribution is 0.00846. The van der Waals surface area contributed by atoms with E-state index in [-0.39, 0.29) is 0 Å². The van der Waals surface area contributed by atoms with Crippen molar-refractivity contribution in [2.75, 3.05) is 20.3 Å². The molecular weight excluding hydrogens is 216 g/mol. The molecule has 0 bridgehead atoms. The molecule has 0 aromatic heterocycles. The second-order valence-electron chi connectivity index (χ2n) is 4.53. The van der Waals surface area contributed by atoms with Crippen LogP contribution in [0.3, 0.4) is 0 Å². The zero-order valence-electron chi connectivity index (χ0n) is 10.9. The van der Waals surface area contributed by atoms with Crippen molar-refractivity contribution in [1.82, 2.24) is 0 Å². The molecule has 0 spiro atoms. The Kier molecular flexibility index (Phi) is 5.45. The third-order valence-corrected chi connectivity index (χ3v) is 2.83. The van der Waals surface area contributed by atoms with Crippen molar-refractivity contribution in [1.29, 1.82) is 0 Å². The Morgan fingerprint density at radius 3 is 2.41 bits per heavy atom. The molecule has 1 aromatic carbocycles. The Balaban J connectivity index is 2.45. The van der Waals surface area contributed by atoms with Crippen molar-refractivity contribution >= 4 is 0 Å². The molecule has 0 heterocycles. The van der Waals surface area contributed by atoms with Gasteiger partial charge in [-0.3, -0.25) is 0 Å². The predicted molar refractivity (Wildman–Crippen MR) is 68.4 cm³/mol. The van der Waals surface area contributed by atoms with Gasteiger partial charge in [-0.05, 0) is 37.5 Å². The lowest BCUT2D eigenvalue weighted by Crippen LogP contribution is -2.31. The van der Waals surface area contributed by atoms with Crippen molar-refractivity contribution in [3.8, 4) is 5.75 Å². The maximum atomic E-state index is 9.81. The van der Waals surface area contributed by atoms with Crippen LogP contribution in [0.2, 0.25) is 0 Å². The number of methoxy groups -OCH3 is 1. The fourth-order valence-electron chi connectivity index (χ4n) is 1.31. The van der Waals surface area contributed by atoms with Crippen molar-refractivity contribution < 1.29 is 14.6 Å². The quantitative estimate of drug-likeness (QED) is 0.793. The molecule has 1 unspecified atom stereocenters. The topological polar surface area (TPSA) is 38.7 Å². The third-order valence-electron chi connectivity index (χ3n) is 2.83. The number of benzene rings is 1. The highest BCUT2D eigenvalue weighted by molar-refractivity contribution is 5.27. The van der Waals surface area contributed by atoms with Gasteiger partial charge in [-0.15, -0.1) is 0 Å². The van der Waals surface area contributed by atoms with E-state index in [0.29, 0.717) is 13.0 Å². The summed E-state index contributed by atoms with van der Waals surface area (Å²) in [4.78, 5) is 0. The first-order valence-corrected chi connectivity index (χ1v) is 6.00. The van der Waals surface area contributed by atoms with E-state index in [1.165, 1.54) is 5.56 Å². The summed E-state index contributed by atoms with van der Waals surface area (Å²) in [6, 6.07) is 7.90. The fourth-order valence-corrected chi connectivity index (χ4v) is 1.31. The second-order valence-corrected chi connectivity index (χ2v) is 4.53. The minimum Gasteiger partial charge on any atom is -0.491 e. The molecule has 0 radical (unpaired) electrons. The largest absolute Gasteiger partial charge is 0.491 e. The first-order valence-electron chi connectivity index (χ1n) is 6.00. The van der Waals surface area contributed by atoms with Gasteiger partial charge in [-0.1, -0.05) is 19.1 Å². The Morgan fingerprint density at radius 1 is 1.24 bits per heavy atom. The van der Waals surface area contributed by atoms with Crippen LogP contribution in [0, 0.1) is 0 Å². The maximum Gasteiger partial charge on any atom is 0.119 e. The zero-order chi connectivity index (χ0) is 12.7. The van der Waals surface area contributed by atoms with Gasteiger partial charge in [0, 0.05) is 7.11 Å². The Labute approximate surface area is 103 Å². The van der Waals surface area contributed by atoms with Gasteiger partial charge in [-0.25, -0.2) is 0 Å². The minimum atomic E-state index is -0.755. The first-order chi connectivity index (χ1) is 8.07. The van der Waals surface area contributed by atoms with Crippen LogP contribution in [0.4, 0.5) is 0 Å². The average Bonchev–Trinajstić information content (AvgIpc) is 2.35. The summed E-state index contributed by atoms with van der Waals surface area (Å²) in [7, 11) is 1.70. The number of aliphatic hydroxyl groups is 1. The SMILES string of the molecule is CCC(C)(O)COc1ccc(CCOC)cc1. The molecule has 96 valence electrons. The van der Waals surface area contributed by atoms with Crippen molar-refractivity contribution in [2.24, 2.45) is 0 Å². The molecule has 1 atom stereocenters. The smallest absolute Gasteiger partial charge is 0.119 e. The number of hydrogen-bond acceptors (Lipinski definition) is 3. The molecule has 0 aliphatic heterocycles. The van der Waals surface area contributed by atoms with Crippen LogP contribution >= 0.6 is 0 Å². The summed E-state index contributed by atoms with van der Waals surface area (Å²) in [6.07, 6.45) is 1.59. The van der Waals surface area contributed by atoms with Crippen molar-refractivity contribution in [3.63, 3.8) is 0 Å².